The van der Waals surface area contributed by atoms with Gasteiger partial charge in [-0.2, -0.15) is 0 Å². The molecule has 0 aliphatic rings. The maximum absolute atomic E-state index is 12.7. The molecule has 4 nitrogen and oxygen atoms in total. The van der Waals surface area contributed by atoms with Gasteiger partial charge in [-0.3, -0.25) is 4.79 Å². The van der Waals surface area contributed by atoms with Crippen LogP contribution in [0.5, 0.6) is 17.2 Å². The summed E-state index contributed by atoms with van der Waals surface area (Å²) in [7, 11) is 0. The maximum atomic E-state index is 12.7. The second-order valence-corrected chi connectivity index (χ2v) is 9.63. The molecule has 0 atom stereocenters. The number of benzene rings is 2. The van der Waals surface area contributed by atoms with Crippen molar-refractivity contribution in [3.8, 4) is 17.2 Å². The van der Waals surface area contributed by atoms with Crippen molar-refractivity contribution in [2.75, 3.05) is 6.61 Å². The van der Waals surface area contributed by atoms with Crippen molar-refractivity contribution >= 4 is 11.9 Å². The SMILES string of the molecule is CCCOc1ccc(C(=O)C=Cc2cc(OC(C)(C)C)cc(OC(C)(C)C)c2C)cc1. The number of ketones is 1. The van der Waals surface area contributed by atoms with Gasteiger partial charge in [-0.1, -0.05) is 13.0 Å². The number of rotatable bonds is 8. The van der Waals surface area contributed by atoms with Crippen LogP contribution in [-0.4, -0.2) is 23.6 Å². The predicted octanol–water partition coefficient (Wildman–Crippen LogP) is 7.03. The molecule has 0 spiro atoms. The fraction of sp³-hybridized carbons (Fsp3) is 0.444. The first-order valence-corrected chi connectivity index (χ1v) is 10.9. The molecule has 0 saturated heterocycles. The van der Waals surface area contributed by atoms with Gasteiger partial charge in [-0.05, 0) is 102 Å². The Morgan fingerprint density at radius 1 is 0.903 bits per heavy atom. The molecule has 4 heteroatoms. The van der Waals surface area contributed by atoms with E-state index in [2.05, 4.69) is 6.92 Å². The summed E-state index contributed by atoms with van der Waals surface area (Å²) in [5.74, 6) is 2.16. The van der Waals surface area contributed by atoms with Crippen LogP contribution in [0.15, 0.2) is 42.5 Å². The lowest BCUT2D eigenvalue weighted by Crippen LogP contribution is -2.25. The Labute approximate surface area is 187 Å². The third kappa shape index (κ3) is 8.12. The molecule has 0 amide bonds. The van der Waals surface area contributed by atoms with Crippen molar-refractivity contribution in [3.05, 3.63) is 59.2 Å². The first-order chi connectivity index (χ1) is 14.4. The lowest BCUT2D eigenvalue weighted by molar-refractivity contribution is 0.104. The van der Waals surface area contributed by atoms with Crippen molar-refractivity contribution in [2.24, 2.45) is 0 Å². The van der Waals surface area contributed by atoms with Gasteiger partial charge in [0.05, 0.1) is 6.61 Å². The van der Waals surface area contributed by atoms with Crippen LogP contribution in [0, 0.1) is 6.92 Å². The molecule has 0 saturated carbocycles. The monoisotopic (exact) mass is 424 g/mol. The van der Waals surface area contributed by atoms with Gasteiger partial charge < -0.3 is 14.2 Å². The van der Waals surface area contributed by atoms with E-state index in [4.69, 9.17) is 14.2 Å². The highest BCUT2D eigenvalue weighted by Crippen LogP contribution is 2.33. The Morgan fingerprint density at radius 2 is 1.52 bits per heavy atom. The molecule has 0 fully saturated rings. The van der Waals surface area contributed by atoms with Crippen molar-refractivity contribution in [2.45, 2.75) is 73.0 Å². The maximum Gasteiger partial charge on any atom is 0.185 e. The molecule has 0 aliphatic heterocycles. The van der Waals surface area contributed by atoms with Crippen LogP contribution in [0.2, 0.25) is 0 Å². The van der Waals surface area contributed by atoms with Crippen LogP contribution < -0.4 is 14.2 Å². The van der Waals surface area contributed by atoms with E-state index in [1.807, 2.05) is 78.8 Å². The highest BCUT2D eigenvalue weighted by atomic mass is 16.5. The highest BCUT2D eigenvalue weighted by molar-refractivity contribution is 6.07. The van der Waals surface area contributed by atoms with E-state index in [1.54, 1.807) is 18.2 Å². The summed E-state index contributed by atoms with van der Waals surface area (Å²) in [6.07, 6.45) is 4.36. The molecular formula is C27H36O4. The van der Waals surface area contributed by atoms with Gasteiger partial charge in [0.1, 0.15) is 28.5 Å². The van der Waals surface area contributed by atoms with Crippen LogP contribution in [0.25, 0.3) is 6.08 Å². The lowest BCUT2D eigenvalue weighted by atomic mass is 10.0. The Balaban J connectivity index is 2.30. The number of carbonyl (C=O) groups excluding carboxylic acids is 1. The summed E-state index contributed by atoms with van der Waals surface area (Å²) < 4.78 is 17.8. The third-order valence-electron chi connectivity index (χ3n) is 4.24. The van der Waals surface area contributed by atoms with E-state index >= 15 is 0 Å². The summed E-state index contributed by atoms with van der Waals surface area (Å²) >= 11 is 0. The molecular weight excluding hydrogens is 388 g/mol. The van der Waals surface area contributed by atoms with Crippen molar-refractivity contribution in [1.82, 2.24) is 0 Å². The van der Waals surface area contributed by atoms with Gasteiger partial charge in [0.25, 0.3) is 0 Å². The Hall–Kier alpha value is -2.75. The van der Waals surface area contributed by atoms with Gasteiger partial charge in [0, 0.05) is 11.6 Å². The second kappa shape index (κ2) is 10.0. The first kappa shape index (κ1) is 24.5. The standard InChI is InChI=1S/C27H36O4/c1-9-16-29-22-13-10-20(11-14-22)24(28)15-12-21-17-23(30-26(3,4)5)18-25(19(21)2)31-27(6,7)8/h10-15,17-18H,9,16H2,1-8H3. The number of allylic oxidation sites excluding steroid dienone is 1. The Bertz CT molecular complexity index is 910. The Kier molecular flexibility index (Phi) is 7.94. The second-order valence-electron chi connectivity index (χ2n) is 9.63. The molecule has 2 aromatic rings. The van der Waals surface area contributed by atoms with Crippen molar-refractivity contribution in [3.63, 3.8) is 0 Å². The molecule has 31 heavy (non-hydrogen) atoms. The molecule has 168 valence electrons. The van der Waals surface area contributed by atoms with Crippen LogP contribution in [-0.2, 0) is 0 Å². The van der Waals surface area contributed by atoms with Crippen LogP contribution in [0.4, 0.5) is 0 Å². The van der Waals surface area contributed by atoms with E-state index < -0.39 is 0 Å². The van der Waals surface area contributed by atoms with Gasteiger partial charge >= 0.3 is 0 Å². The van der Waals surface area contributed by atoms with E-state index in [9.17, 15) is 4.79 Å². The topological polar surface area (TPSA) is 44.8 Å². The molecule has 0 aliphatic carbocycles. The zero-order chi connectivity index (χ0) is 23.2. The number of hydrogen-bond donors (Lipinski definition) is 0. The smallest absolute Gasteiger partial charge is 0.185 e. The molecule has 2 rings (SSSR count). The molecule has 0 N–H and O–H groups in total. The predicted molar refractivity (Wildman–Crippen MR) is 128 cm³/mol. The average molecular weight is 425 g/mol. The van der Waals surface area contributed by atoms with Crippen molar-refractivity contribution < 1.29 is 19.0 Å². The molecule has 0 aromatic heterocycles. The summed E-state index contributed by atoms with van der Waals surface area (Å²) in [6, 6.07) is 11.1. The van der Waals surface area contributed by atoms with E-state index in [-0.39, 0.29) is 17.0 Å². The number of carbonyl (C=O) groups is 1. The van der Waals surface area contributed by atoms with Crippen LogP contribution in [0.1, 0.15) is 76.4 Å². The lowest BCUT2D eigenvalue weighted by Gasteiger charge is -2.26. The summed E-state index contributed by atoms with van der Waals surface area (Å²) in [5.41, 5.74) is 1.78. The minimum atomic E-state index is -0.344. The zero-order valence-electron chi connectivity index (χ0n) is 20.2. The van der Waals surface area contributed by atoms with Crippen LogP contribution >= 0.6 is 0 Å². The van der Waals surface area contributed by atoms with E-state index in [1.165, 1.54) is 0 Å². The normalized spacial score (nSPS) is 12.1. The van der Waals surface area contributed by atoms with E-state index in [0.717, 1.165) is 29.0 Å². The fourth-order valence-electron chi connectivity index (χ4n) is 2.90. The summed E-state index contributed by atoms with van der Waals surface area (Å²) in [6.45, 7) is 16.8. The quantitative estimate of drug-likeness (QED) is 0.337. The number of ether oxygens (including phenoxy) is 3. The van der Waals surface area contributed by atoms with Gasteiger partial charge in [0.2, 0.25) is 0 Å². The zero-order valence-corrected chi connectivity index (χ0v) is 20.2. The molecule has 0 radical (unpaired) electrons. The molecule has 0 heterocycles. The first-order valence-electron chi connectivity index (χ1n) is 10.9. The molecule has 0 unspecified atom stereocenters. The fourth-order valence-corrected chi connectivity index (χ4v) is 2.90. The largest absolute Gasteiger partial charge is 0.494 e. The summed E-state index contributed by atoms with van der Waals surface area (Å²) in [5, 5.41) is 0. The van der Waals surface area contributed by atoms with Gasteiger partial charge in [-0.25, -0.2) is 0 Å². The number of hydrogen-bond acceptors (Lipinski definition) is 4. The minimum absolute atomic E-state index is 0.0677. The average Bonchev–Trinajstić information content (AvgIpc) is 2.65. The Morgan fingerprint density at radius 3 is 2.06 bits per heavy atom. The molecule has 0 bridgehead atoms. The third-order valence-corrected chi connectivity index (χ3v) is 4.24. The summed E-state index contributed by atoms with van der Waals surface area (Å²) in [4.78, 5) is 12.7. The molecule has 2 aromatic carbocycles. The van der Waals surface area contributed by atoms with Gasteiger partial charge in [0.15, 0.2) is 5.78 Å². The van der Waals surface area contributed by atoms with Gasteiger partial charge in [-0.15, -0.1) is 0 Å². The van der Waals surface area contributed by atoms with E-state index in [0.29, 0.717) is 17.9 Å². The van der Waals surface area contributed by atoms with Crippen LogP contribution in [0.3, 0.4) is 0 Å². The van der Waals surface area contributed by atoms with Crippen molar-refractivity contribution in [1.29, 1.82) is 0 Å². The highest BCUT2D eigenvalue weighted by Gasteiger charge is 2.19. The minimum Gasteiger partial charge on any atom is -0.494 e.